The van der Waals surface area contributed by atoms with E-state index in [-0.39, 0.29) is 18.0 Å². The summed E-state index contributed by atoms with van der Waals surface area (Å²) in [4.78, 5) is 28.3. The van der Waals surface area contributed by atoms with E-state index in [2.05, 4.69) is 17.0 Å². The Morgan fingerprint density at radius 2 is 1.79 bits per heavy atom. The molecule has 0 unspecified atom stereocenters. The second-order valence-electron chi connectivity index (χ2n) is 6.24. The van der Waals surface area contributed by atoms with Crippen LogP contribution < -0.4 is 10.5 Å². The molecule has 1 aliphatic rings. The number of aromatic nitrogens is 1. The first-order valence-electron chi connectivity index (χ1n) is 8.37. The van der Waals surface area contributed by atoms with Crippen LogP contribution in [0.5, 0.6) is 0 Å². The van der Waals surface area contributed by atoms with Gasteiger partial charge in [0.05, 0.1) is 0 Å². The normalized spacial score (nSPS) is 14.0. The monoisotopic (exact) mass is 325 g/mol. The molecule has 0 spiro atoms. The molecule has 5 nitrogen and oxygen atoms in total. The number of anilines is 1. The number of carbonyl (C=O) groups excluding carboxylic acids is 1. The van der Waals surface area contributed by atoms with Crippen LogP contribution in [0.1, 0.15) is 18.4 Å². The van der Waals surface area contributed by atoms with Gasteiger partial charge in [0.15, 0.2) is 0 Å². The van der Waals surface area contributed by atoms with E-state index in [0.717, 1.165) is 18.7 Å². The van der Waals surface area contributed by atoms with E-state index < -0.39 is 0 Å². The molecule has 1 aliphatic heterocycles. The van der Waals surface area contributed by atoms with Gasteiger partial charge in [-0.2, -0.15) is 0 Å². The van der Waals surface area contributed by atoms with Crippen LogP contribution in [0.4, 0.5) is 5.69 Å². The number of carbonyl (C=O) groups is 1. The summed E-state index contributed by atoms with van der Waals surface area (Å²) in [5.74, 6) is -0.0699. The van der Waals surface area contributed by atoms with Crippen LogP contribution in [0.25, 0.3) is 0 Å². The van der Waals surface area contributed by atoms with Gasteiger partial charge in [-0.25, -0.2) is 0 Å². The van der Waals surface area contributed by atoms with Gasteiger partial charge in [-0.15, -0.1) is 0 Å². The molecule has 0 aliphatic carbocycles. The van der Waals surface area contributed by atoms with Gasteiger partial charge < -0.3 is 14.4 Å². The molecular formula is C19H23N3O2. The zero-order chi connectivity index (χ0) is 16.9. The first-order chi connectivity index (χ1) is 11.6. The highest BCUT2D eigenvalue weighted by Gasteiger charge is 2.17. The van der Waals surface area contributed by atoms with Gasteiger partial charge in [0.25, 0.3) is 5.56 Å². The van der Waals surface area contributed by atoms with E-state index in [4.69, 9.17) is 0 Å². The molecule has 126 valence electrons. The maximum atomic E-state index is 12.5. The van der Waals surface area contributed by atoms with Gasteiger partial charge in [0.1, 0.15) is 6.54 Å². The zero-order valence-corrected chi connectivity index (χ0v) is 14.0. The van der Waals surface area contributed by atoms with Crippen molar-refractivity contribution in [2.45, 2.75) is 25.9 Å². The van der Waals surface area contributed by atoms with Crippen molar-refractivity contribution in [2.75, 3.05) is 25.0 Å². The average molecular weight is 325 g/mol. The lowest BCUT2D eigenvalue weighted by molar-refractivity contribution is -0.131. The van der Waals surface area contributed by atoms with Gasteiger partial charge in [-0.3, -0.25) is 9.59 Å². The van der Waals surface area contributed by atoms with Crippen LogP contribution in [0.15, 0.2) is 53.5 Å². The summed E-state index contributed by atoms with van der Waals surface area (Å²) in [6.07, 6.45) is 4.09. The highest BCUT2D eigenvalue weighted by molar-refractivity contribution is 5.76. The molecule has 0 saturated carbocycles. The Kier molecular flexibility index (Phi) is 4.99. The van der Waals surface area contributed by atoms with Crippen molar-refractivity contribution < 1.29 is 4.79 Å². The number of pyridine rings is 1. The zero-order valence-electron chi connectivity index (χ0n) is 14.0. The number of rotatable bonds is 5. The molecular weight excluding hydrogens is 302 g/mol. The summed E-state index contributed by atoms with van der Waals surface area (Å²) >= 11 is 0. The summed E-state index contributed by atoms with van der Waals surface area (Å²) in [6, 6.07) is 13.2. The molecule has 1 saturated heterocycles. The highest BCUT2D eigenvalue weighted by atomic mass is 16.2. The molecule has 1 fully saturated rings. The molecule has 1 amide bonds. The van der Waals surface area contributed by atoms with Crippen molar-refractivity contribution in [3.8, 4) is 0 Å². The standard InChI is InChI=1S/C19H23N3O2/c1-20(19(24)15-22-13-5-4-10-18(22)23)14-16-8-2-3-9-17(16)21-11-6-7-12-21/h2-5,8-10,13H,6-7,11-12,14-15H2,1H3. The van der Waals surface area contributed by atoms with Gasteiger partial charge in [0.2, 0.25) is 5.91 Å². The first kappa shape index (κ1) is 16.3. The number of hydrogen-bond donors (Lipinski definition) is 0. The van der Waals surface area contributed by atoms with Gasteiger partial charge in [-0.1, -0.05) is 24.3 Å². The summed E-state index contributed by atoms with van der Waals surface area (Å²) in [6.45, 7) is 2.78. The van der Waals surface area contributed by atoms with Gasteiger partial charge in [0, 0.05) is 44.6 Å². The lowest BCUT2D eigenvalue weighted by atomic mass is 10.1. The molecule has 2 aromatic rings. The van der Waals surface area contributed by atoms with Gasteiger partial charge in [-0.05, 0) is 30.5 Å². The van der Waals surface area contributed by atoms with Gasteiger partial charge >= 0.3 is 0 Å². The minimum Gasteiger partial charge on any atom is -0.371 e. The summed E-state index contributed by atoms with van der Waals surface area (Å²) in [7, 11) is 1.79. The van der Waals surface area contributed by atoms with Crippen LogP contribution in [0.2, 0.25) is 0 Å². The number of benzene rings is 1. The van der Waals surface area contributed by atoms with E-state index in [1.807, 2.05) is 12.1 Å². The second kappa shape index (κ2) is 7.34. The largest absolute Gasteiger partial charge is 0.371 e. The number of amides is 1. The maximum Gasteiger partial charge on any atom is 0.250 e. The Hall–Kier alpha value is -2.56. The SMILES string of the molecule is CN(Cc1ccccc1N1CCCC1)C(=O)Cn1ccccc1=O. The van der Waals surface area contributed by atoms with Crippen molar-refractivity contribution in [3.63, 3.8) is 0 Å². The summed E-state index contributed by atoms with van der Waals surface area (Å²) in [5, 5.41) is 0. The fourth-order valence-electron chi connectivity index (χ4n) is 3.11. The number of nitrogens with zero attached hydrogens (tertiary/aromatic N) is 3. The average Bonchev–Trinajstić information content (AvgIpc) is 3.11. The molecule has 24 heavy (non-hydrogen) atoms. The first-order valence-corrected chi connectivity index (χ1v) is 8.37. The topological polar surface area (TPSA) is 45.5 Å². The Morgan fingerprint density at radius 3 is 2.54 bits per heavy atom. The molecule has 0 radical (unpaired) electrons. The van der Waals surface area contributed by atoms with E-state index in [1.54, 1.807) is 30.3 Å². The molecule has 5 heteroatoms. The van der Waals surface area contributed by atoms with E-state index in [9.17, 15) is 9.59 Å². The Bertz CT molecular complexity index is 763. The Labute approximate surface area is 142 Å². The molecule has 0 atom stereocenters. The second-order valence-corrected chi connectivity index (χ2v) is 6.24. The van der Waals surface area contributed by atoms with Crippen LogP contribution in [0.3, 0.4) is 0 Å². The van der Waals surface area contributed by atoms with Crippen LogP contribution in [0, 0.1) is 0 Å². The quantitative estimate of drug-likeness (QED) is 0.846. The van der Waals surface area contributed by atoms with Crippen molar-refractivity contribution in [3.05, 3.63) is 64.6 Å². The molecule has 0 N–H and O–H groups in total. The molecule has 3 rings (SSSR count). The Balaban J connectivity index is 1.70. The number of para-hydroxylation sites is 1. The third kappa shape index (κ3) is 3.67. The highest BCUT2D eigenvalue weighted by Crippen LogP contribution is 2.25. The van der Waals surface area contributed by atoms with Crippen molar-refractivity contribution in [2.24, 2.45) is 0 Å². The van der Waals surface area contributed by atoms with Crippen molar-refractivity contribution in [1.29, 1.82) is 0 Å². The lowest BCUT2D eigenvalue weighted by Crippen LogP contribution is -2.33. The van der Waals surface area contributed by atoms with Crippen LogP contribution in [-0.4, -0.2) is 35.5 Å². The number of hydrogen-bond acceptors (Lipinski definition) is 3. The smallest absolute Gasteiger partial charge is 0.250 e. The summed E-state index contributed by atoms with van der Waals surface area (Å²) in [5.41, 5.74) is 2.21. The van der Waals surface area contributed by atoms with Crippen molar-refractivity contribution in [1.82, 2.24) is 9.47 Å². The van der Waals surface area contributed by atoms with E-state index in [0.29, 0.717) is 6.54 Å². The Morgan fingerprint density at radius 1 is 1.08 bits per heavy atom. The summed E-state index contributed by atoms with van der Waals surface area (Å²) < 4.78 is 1.44. The van der Waals surface area contributed by atoms with Crippen LogP contribution in [-0.2, 0) is 17.9 Å². The minimum absolute atomic E-state index is 0.0699. The third-order valence-corrected chi connectivity index (χ3v) is 4.48. The fourth-order valence-corrected chi connectivity index (χ4v) is 3.11. The molecule has 1 aromatic carbocycles. The predicted molar refractivity (Wildman–Crippen MR) is 95.1 cm³/mol. The number of likely N-dealkylation sites (N-methyl/N-ethyl adjacent to an activating group) is 1. The lowest BCUT2D eigenvalue weighted by Gasteiger charge is -2.24. The van der Waals surface area contributed by atoms with E-state index >= 15 is 0 Å². The molecule has 1 aromatic heterocycles. The van der Waals surface area contributed by atoms with Crippen LogP contribution >= 0.6 is 0 Å². The molecule has 2 heterocycles. The fraction of sp³-hybridized carbons (Fsp3) is 0.368. The maximum absolute atomic E-state index is 12.5. The predicted octanol–water partition coefficient (Wildman–Crippen LogP) is 2.11. The molecule has 0 bridgehead atoms. The minimum atomic E-state index is -0.156. The van der Waals surface area contributed by atoms with Crippen molar-refractivity contribution >= 4 is 11.6 Å². The third-order valence-electron chi connectivity index (χ3n) is 4.48. The van der Waals surface area contributed by atoms with E-state index in [1.165, 1.54) is 29.2 Å².